The first-order valence-corrected chi connectivity index (χ1v) is 9.42. The number of amides is 2. The van der Waals surface area contributed by atoms with E-state index in [2.05, 4.69) is 10.6 Å². The van der Waals surface area contributed by atoms with Crippen molar-refractivity contribution in [2.24, 2.45) is 0 Å². The van der Waals surface area contributed by atoms with Crippen molar-refractivity contribution in [2.75, 3.05) is 37.4 Å². The molecule has 2 N–H and O–H groups in total. The van der Waals surface area contributed by atoms with Crippen LogP contribution in [-0.2, 0) is 9.59 Å². The van der Waals surface area contributed by atoms with Gasteiger partial charge in [0, 0.05) is 5.02 Å². The maximum absolute atomic E-state index is 13.7. The first-order chi connectivity index (χ1) is 14.2. The molecule has 0 bridgehead atoms. The third kappa shape index (κ3) is 6.36. The van der Waals surface area contributed by atoms with E-state index in [9.17, 15) is 22.8 Å². The topological polar surface area (TPSA) is 70.7 Å². The average Bonchev–Trinajstić information content (AvgIpc) is 2.68. The molecule has 162 valence electrons. The Balaban J connectivity index is 2.02. The highest BCUT2D eigenvalue weighted by molar-refractivity contribution is 6.31. The Kier molecular flexibility index (Phi) is 8.49. The minimum atomic E-state index is -1.67. The number of rotatable bonds is 9. The fourth-order valence-electron chi connectivity index (χ4n) is 2.72. The number of nitrogens with zero attached hydrogens (tertiary/aromatic N) is 1. The maximum Gasteiger partial charge on any atom is 0.238 e. The molecule has 0 aliphatic rings. The summed E-state index contributed by atoms with van der Waals surface area (Å²) in [6.45, 7) is 1.86. The number of hydrogen-bond acceptors (Lipinski definition) is 4. The number of carbonyl (C=O) groups excluding carboxylic acids is 2. The van der Waals surface area contributed by atoms with Crippen molar-refractivity contribution in [3.8, 4) is 5.75 Å². The summed E-state index contributed by atoms with van der Waals surface area (Å²) in [7, 11) is 1.45. The molecule has 0 aliphatic heterocycles. The molecule has 2 aromatic carbocycles. The van der Waals surface area contributed by atoms with E-state index in [0.29, 0.717) is 35.5 Å². The van der Waals surface area contributed by atoms with Crippen molar-refractivity contribution in [1.82, 2.24) is 4.90 Å². The van der Waals surface area contributed by atoms with Gasteiger partial charge in [0.15, 0.2) is 17.5 Å². The van der Waals surface area contributed by atoms with E-state index >= 15 is 0 Å². The Morgan fingerprint density at radius 2 is 1.63 bits per heavy atom. The lowest BCUT2D eigenvalue weighted by Gasteiger charge is -2.21. The van der Waals surface area contributed by atoms with Crippen LogP contribution in [0.5, 0.6) is 5.75 Å². The fraction of sp³-hybridized carbons (Fsp3) is 0.300. The van der Waals surface area contributed by atoms with Crippen LogP contribution in [0.2, 0.25) is 5.02 Å². The molecule has 0 unspecified atom stereocenters. The summed E-state index contributed by atoms with van der Waals surface area (Å²) in [6, 6.07) is 6.38. The second-order valence-electron chi connectivity index (χ2n) is 6.37. The van der Waals surface area contributed by atoms with Crippen molar-refractivity contribution >= 4 is 34.8 Å². The number of hydrogen-bond donors (Lipinski definition) is 2. The van der Waals surface area contributed by atoms with Gasteiger partial charge in [0.1, 0.15) is 5.75 Å². The van der Waals surface area contributed by atoms with Crippen molar-refractivity contribution in [3.63, 3.8) is 0 Å². The lowest BCUT2D eigenvalue weighted by atomic mass is 10.2. The highest BCUT2D eigenvalue weighted by Crippen LogP contribution is 2.27. The van der Waals surface area contributed by atoms with Crippen LogP contribution in [0.1, 0.15) is 13.3 Å². The zero-order valence-corrected chi connectivity index (χ0v) is 17.2. The van der Waals surface area contributed by atoms with Gasteiger partial charge in [-0.25, -0.2) is 13.2 Å². The Morgan fingerprint density at radius 3 is 2.23 bits per heavy atom. The van der Waals surface area contributed by atoms with Gasteiger partial charge in [-0.2, -0.15) is 0 Å². The SMILES string of the molecule is CCCN(CC(=O)Nc1cc(Cl)ccc1OC)CC(=O)Nc1ccc(F)c(F)c1F. The molecule has 0 saturated heterocycles. The monoisotopic (exact) mass is 443 g/mol. The molecule has 6 nitrogen and oxygen atoms in total. The Labute approximate surface area is 177 Å². The molecule has 10 heteroatoms. The first-order valence-electron chi connectivity index (χ1n) is 9.04. The number of ether oxygens (including phenoxy) is 1. The molecule has 0 aliphatic carbocycles. The van der Waals surface area contributed by atoms with Gasteiger partial charge in [-0.15, -0.1) is 0 Å². The molecule has 2 aromatic rings. The lowest BCUT2D eigenvalue weighted by Crippen LogP contribution is -2.39. The maximum atomic E-state index is 13.7. The second-order valence-corrected chi connectivity index (χ2v) is 6.81. The summed E-state index contributed by atoms with van der Waals surface area (Å²) < 4.78 is 45.2. The number of methoxy groups -OCH3 is 1. The van der Waals surface area contributed by atoms with E-state index in [4.69, 9.17) is 16.3 Å². The molecule has 0 radical (unpaired) electrons. The van der Waals surface area contributed by atoms with Gasteiger partial charge in [0.2, 0.25) is 11.8 Å². The highest BCUT2D eigenvalue weighted by Gasteiger charge is 2.19. The zero-order chi connectivity index (χ0) is 22.3. The van der Waals surface area contributed by atoms with Gasteiger partial charge in [-0.1, -0.05) is 18.5 Å². The van der Waals surface area contributed by atoms with Crippen LogP contribution in [0.15, 0.2) is 30.3 Å². The number of anilines is 2. The van der Waals surface area contributed by atoms with Gasteiger partial charge in [-0.3, -0.25) is 14.5 Å². The molecule has 30 heavy (non-hydrogen) atoms. The first kappa shape index (κ1) is 23.5. The molecule has 2 rings (SSSR count). The van der Waals surface area contributed by atoms with Crippen LogP contribution in [0.3, 0.4) is 0 Å². The van der Waals surface area contributed by atoms with E-state index in [0.717, 1.165) is 6.07 Å². The molecule has 2 amide bonds. The number of halogens is 4. The highest BCUT2D eigenvalue weighted by atomic mass is 35.5. The predicted octanol–water partition coefficient (Wildman–Crippen LogP) is 4.06. The van der Waals surface area contributed by atoms with Crippen LogP contribution in [0.4, 0.5) is 24.5 Å². The third-order valence-corrected chi connectivity index (χ3v) is 4.25. The fourth-order valence-corrected chi connectivity index (χ4v) is 2.89. The summed E-state index contributed by atoms with van der Waals surface area (Å²) in [6.07, 6.45) is 0.639. The molecule has 0 atom stereocenters. The van der Waals surface area contributed by atoms with E-state index in [1.165, 1.54) is 18.1 Å². The van der Waals surface area contributed by atoms with Crippen LogP contribution in [0.25, 0.3) is 0 Å². The molecule has 0 spiro atoms. The van der Waals surface area contributed by atoms with Crippen molar-refractivity contribution in [3.05, 3.63) is 52.8 Å². The summed E-state index contributed by atoms with van der Waals surface area (Å²) in [4.78, 5) is 26.2. The zero-order valence-electron chi connectivity index (χ0n) is 16.4. The minimum Gasteiger partial charge on any atom is -0.495 e. The largest absolute Gasteiger partial charge is 0.495 e. The van der Waals surface area contributed by atoms with Crippen LogP contribution in [-0.4, -0.2) is 43.5 Å². The van der Waals surface area contributed by atoms with E-state index in [1.807, 2.05) is 6.92 Å². The summed E-state index contributed by atoms with van der Waals surface area (Å²) in [5, 5.41) is 5.26. The van der Waals surface area contributed by atoms with Gasteiger partial charge in [0.25, 0.3) is 0 Å². The van der Waals surface area contributed by atoms with Gasteiger partial charge >= 0.3 is 0 Å². The van der Waals surface area contributed by atoms with Gasteiger partial charge in [0.05, 0.1) is 31.6 Å². The van der Waals surface area contributed by atoms with Gasteiger partial charge < -0.3 is 15.4 Å². The summed E-state index contributed by atoms with van der Waals surface area (Å²) in [5.74, 6) is -5.20. The Bertz CT molecular complexity index is 928. The standard InChI is InChI=1S/C20H21ClF3N3O3/c1-3-8-27(10-17(28)25-14-6-5-13(22)19(23)20(14)24)11-18(29)26-15-9-12(21)4-7-16(15)30-2/h4-7,9H,3,8,10-11H2,1-2H3,(H,25,28)(H,26,29). The quantitative estimate of drug-likeness (QED) is 0.573. The van der Waals surface area contributed by atoms with E-state index in [1.54, 1.807) is 12.1 Å². The van der Waals surface area contributed by atoms with E-state index in [-0.39, 0.29) is 13.1 Å². The number of nitrogens with one attached hydrogen (secondary N) is 2. The van der Waals surface area contributed by atoms with Crippen LogP contribution < -0.4 is 15.4 Å². The Hall–Kier alpha value is -2.78. The van der Waals surface area contributed by atoms with E-state index < -0.39 is 35.0 Å². The molecular weight excluding hydrogens is 423 g/mol. The van der Waals surface area contributed by atoms with Crippen molar-refractivity contribution < 1.29 is 27.5 Å². The molecule has 0 aromatic heterocycles. The summed E-state index contributed by atoms with van der Waals surface area (Å²) in [5.41, 5.74) is -0.108. The van der Waals surface area contributed by atoms with Crippen molar-refractivity contribution in [2.45, 2.75) is 13.3 Å². The normalized spacial score (nSPS) is 10.8. The van der Waals surface area contributed by atoms with Crippen molar-refractivity contribution in [1.29, 1.82) is 0 Å². The predicted molar refractivity (Wildman–Crippen MR) is 108 cm³/mol. The van der Waals surface area contributed by atoms with Crippen LogP contribution in [0, 0.1) is 17.5 Å². The molecule has 0 heterocycles. The number of carbonyl (C=O) groups is 2. The Morgan fingerprint density at radius 1 is 1.00 bits per heavy atom. The second kappa shape index (κ2) is 10.8. The molecule has 0 fully saturated rings. The molecule has 0 saturated carbocycles. The lowest BCUT2D eigenvalue weighted by molar-refractivity contribution is -0.120. The minimum absolute atomic E-state index is 0.142. The summed E-state index contributed by atoms with van der Waals surface area (Å²) >= 11 is 5.94. The smallest absolute Gasteiger partial charge is 0.238 e. The van der Waals surface area contributed by atoms with Gasteiger partial charge in [-0.05, 0) is 43.3 Å². The van der Waals surface area contributed by atoms with Crippen LogP contribution >= 0.6 is 11.6 Å². The third-order valence-electron chi connectivity index (χ3n) is 4.02. The number of benzene rings is 2. The average molecular weight is 444 g/mol. The molecular formula is C20H21ClF3N3O3.